The van der Waals surface area contributed by atoms with Crippen LogP contribution in [0.3, 0.4) is 0 Å². The molecule has 0 spiro atoms. The summed E-state index contributed by atoms with van der Waals surface area (Å²) in [6.45, 7) is 3.88. The second kappa shape index (κ2) is 30.9. The number of aliphatic hydroxyl groups excluding tert-OH is 1. The highest BCUT2D eigenvalue weighted by molar-refractivity contribution is 7.45. The molecule has 1 aliphatic carbocycles. The van der Waals surface area contributed by atoms with Crippen LogP contribution in [0.1, 0.15) is 149 Å². The minimum Gasteiger partial charge on any atom is -0.756 e. The molecule has 1 rings (SSSR count). The molecule has 0 aromatic rings. The van der Waals surface area contributed by atoms with Crippen LogP contribution in [-0.2, 0) is 37.5 Å². The molecule has 0 amide bonds. The smallest absolute Gasteiger partial charge is 0.306 e. The molecule has 0 radical (unpaired) electrons. The van der Waals surface area contributed by atoms with Gasteiger partial charge < -0.3 is 33.0 Å². The number of carbonyl (C=O) groups excluding carboxylic acids is 3. The van der Waals surface area contributed by atoms with E-state index in [-0.39, 0.29) is 43.7 Å². The topological polar surface area (TPSA) is 148 Å². The van der Waals surface area contributed by atoms with Gasteiger partial charge in [-0.3, -0.25) is 18.9 Å². The first-order valence-corrected chi connectivity index (χ1v) is 22.7. The van der Waals surface area contributed by atoms with Crippen LogP contribution in [0, 0.1) is 11.8 Å². The maximum atomic E-state index is 12.7. The number of unbranched alkanes of at least 4 members (excludes halogenated alkanes) is 14. The number of quaternary nitrogens is 1. The Morgan fingerprint density at radius 3 is 2.07 bits per heavy atom. The fourth-order valence-electron chi connectivity index (χ4n) is 6.17. The summed E-state index contributed by atoms with van der Waals surface area (Å²) >= 11 is 0. The van der Waals surface area contributed by atoms with E-state index in [1.54, 1.807) is 12.2 Å². The summed E-state index contributed by atoms with van der Waals surface area (Å²) in [4.78, 5) is 50.0. The highest BCUT2D eigenvalue weighted by atomic mass is 31.2. The third-order valence-electron chi connectivity index (χ3n) is 9.66. The van der Waals surface area contributed by atoms with Crippen LogP contribution < -0.4 is 4.89 Å². The number of likely N-dealkylation sites (N-methyl/N-ethyl adjacent to an activating group) is 1. The van der Waals surface area contributed by atoms with Crippen LogP contribution in [0.15, 0.2) is 36.5 Å². The van der Waals surface area contributed by atoms with E-state index < -0.39 is 38.6 Å². The number of rotatable bonds is 35. The number of phosphoric ester groups is 1. The van der Waals surface area contributed by atoms with Crippen molar-refractivity contribution in [3.8, 4) is 0 Å². The largest absolute Gasteiger partial charge is 0.756 e. The summed E-state index contributed by atoms with van der Waals surface area (Å²) in [6.07, 6.45) is 29.4. The molecule has 0 aromatic heterocycles. The van der Waals surface area contributed by atoms with Gasteiger partial charge in [-0.1, -0.05) is 134 Å². The number of phosphoric acid groups is 1. The van der Waals surface area contributed by atoms with E-state index >= 15 is 0 Å². The number of ether oxygens (including phenoxy) is 2. The molecular formula is C43H76NO10P. The minimum atomic E-state index is -4.68. The van der Waals surface area contributed by atoms with Gasteiger partial charge in [-0.05, 0) is 44.1 Å². The molecule has 0 aliphatic heterocycles. The number of hydrogen-bond donors (Lipinski definition) is 1. The van der Waals surface area contributed by atoms with Crippen LogP contribution in [0.5, 0.6) is 0 Å². The second-order valence-electron chi connectivity index (χ2n) is 16.0. The standard InChI is InChI=1S/C43H76NO10P/c1-6-8-10-11-12-13-14-15-16-17-18-23-27-42(47)51-35-39(36-53-55(49,50)52-34-33-44(3,4)5)54-43(48)28-24-20-19-22-25-37-29-32-41(46)40(37)31-30-38(45)26-21-9-7-2/h19,22,29-32,37-40,45H,6-18,20-21,23-28,33-36H2,1-5H3/b22-19-,31-30+/t37-,38-,39+,40+/m0/s1. The Balaban J connectivity index is 2.50. The summed E-state index contributed by atoms with van der Waals surface area (Å²) in [5.74, 6) is -1.22. The maximum absolute atomic E-state index is 12.7. The Hall–Kier alpha value is -2.14. The third-order valence-corrected chi connectivity index (χ3v) is 10.6. The zero-order chi connectivity index (χ0) is 40.8. The summed E-state index contributed by atoms with van der Waals surface area (Å²) in [6, 6.07) is 0. The van der Waals surface area contributed by atoms with E-state index in [4.69, 9.17) is 18.5 Å². The molecule has 0 aromatic carbocycles. The van der Waals surface area contributed by atoms with Gasteiger partial charge in [0.05, 0.1) is 33.9 Å². The third kappa shape index (κ3) is 28.8. The lowest BCUT2D eigenvalue weighted by molar-refractivity contribution is -0.870. The second-order valence-corrected chi connectivity index (χ2v) is 17.4. The zero-order valence-corrected chi connectivity index (χ0v) is 35.9. The molecule has 1 aliphatic rings. The molecule has 0 fully saturated rings. The predicted octanol–water partition coefficient (Wildman–Crippen LogP) is 8.73. The number of ketones is 1. The van der Waals surface area contributed by atoms with Crippen LogP contribution >= 0.6 is 7.82 Å². The van der Waals surface area contributed by atoms with E-state index in [9.17, 15) is 28.9 Å². The van der Waals surface area contributed by atoms with Crippen LogP contribution in [0.4, 0.5) is 0 Å². The van der Waals surface area contributed by atoms with Gasteiger partial charge in [0.2, 0.25) is 0 Å². The van der Waals surface area contributed by atoms with E-state index in [1.165, 1.54) is 51.4 Å². The molecule has 5 atom stereocenters. The Kier molecular flexibility index (Phi) is 28.6. The van der Waals surface area contributed by atoms with Gasteiger partial charge in [0.25, 0.3) is 7.82 Å². The first kappa shape index (κ1) is 50.9. The highest BCUT2D eigenvalue weighted by Crippen LogP contribution is 2.38. The number of nitrogens with zero attached hydrogens (tertiary/aromatic N) is 1. The molecule has 11 nitrogen and oxygen atoms in total. The van der Waals surface area contributed by atoms with Crippen LogP contribution in [0.2, 0.25) is 0 Å². The summed E-state index contributed by atoms with van der Waals surface area (Å²) in [5.41, 5.74) is 0. The van der Waals surface area contributed by atoms with Gasteiger partial charge >= 0.3 is 11.9 Å². The molecule has 1 N–H and O–H groups in total. The fourth-order valence-corrected chi connectivity index (χ4v) is 6.90. The van der Waals surface area contributed by atoms with Gasteiger partial charge in [0.1, 0.15) is 19.8 Å². The monoisotopic (exact) mass is 798 g/mol. The number of allylic oxidation sites excluding steroid dienone is 5. The first-order chi connectivity index (χ1) is 26.3. The lowest BCUT2D eigenvalue weighted by Gasteiger charge is -2.28. The normalized spacial score (nSPS) is 18.3. The predicted molar refractivity (Wildman–Crippen MR) is 217 cm³/mol. The lowest BCUT2D eigenvalue weighted by Crippen LogP contribution is -2.37. The van der Waals surface area contributed by atoms with Crippen molar-refractivity contribution in [3.63, 3.8) is 0 Å². The van der Waals surface area contributed by atoms with Crippen molar-refractivity contribution < 1.29 is 52.0 Å². The number of hydrogen-bond acceptors (Lipinski definition) is 10. The molecule has 318 valence electrons. The number of aliphatic hydroxyl groups is 1. The van der Waals surface area contributed by atoms with Gasteiger partial charge in [0, 0.05) is 18.8 Å². The average Bonchev–Trinajstić information content (AvgIpc) is 3.48. The van der Waals surface area contributed by atoms with Crippen molar-refractivity contribution in [2.45, 2.75) is 161 Å². The molecule has 55 heavy (non-hydrogen) atoms. The molecule has 1 unspecified atom stereocenters. The SMILES string of the molecule is CCCCCCCCCCCCCCC(=O)OC[C@H](COP(=O)([O-])OCC[N+](C)(C)C)OC(=O)CCC/C=C\C[C@H]1C=CC(=O)[C@@H]1/C=C/[C@@H](O)CCCCC. The molecular weight excluding hydrogens is 721 g/mol. The zero-order valence-electron chi connectivity index (χ0n) is 35.0. The average molecular weight is 798 g/mol. The fraction of sp³-hybridized carbons (Fsp3) is 0.791. The maximum Gasteiger partial charge on any atom is 0.306 e. The Morgan fingerprint density at radius 2 is 1.44 bits per heavy atom. The highest BCUT2D eigenvalue weighted by Gasteiger charge is 2.27. The quantitative estimate of drug-likeness (QED) is 0.0217. The van der Waals surface area contributed by atoms with Crippen molar-refractivity contribution >= 4 is 25.5 Å². The van der Waals surface area contributed by atoms with E-state index in [0.717, 1.165) is 38.5 Å². The van der Waals surface area contributed by atoms with Gasteiger partial charge in [-0.2, -0.15) is 0 Å². The van der Waals surface area contributed by atoms with Gasteiger partial charge in [-0.25, -0.2) is 0 Å². The van der Waals surface area contributed by atoms with E-state index in [2.05, 4.69) is 13.8 Å². The molecule has 0 heterocycles. The Bertz CT molecular complexity index is 1180. The van der Waals surface area contributed by atoms with Gasteiger partial charge in [-0.15, -0.1) is 0 Å². The van der Waals surface area contributed by atoms with Crippen molar-refractivity contribution in [1.29, 1.82) is 0 Å². The van der Waals surface area contributed by atoms with E-state index in [1.807, 2.05) is 45.4 Å². The van der Waals surface area contributed by atoms with Crippen LogP contribution in [0.25, 0.3) is 0 Å². The number of esters is 2. The Labute approximate surface area is 333 Å². The number of carbonyl (C=O) groups is 3. The molecule has 0 saturated carbocycles. The van der Waals surface area contributed by atoms with Crippen molar-refractivity contribution in [3.05, 3.63) is 36.5 Å². The minimum absolute atomic E-state index is 0.0180. The van der Waals surface area contributed by atoms with Crippen molar-refractivity contribution in [1.82, 2.24) is 0 Å². The van der Waals surface area contributed by atoms with E-state index in [0.29, 0.717) is 43.1 Å². The van der Waals surface area contributed by atoms with Crippen LogP contribution in [-0.4, -0.2) is 87.0 Å². The molecule has 12 heteroatoms. The van der Waals surface area contributed by atoms with Gasteiger partial charge in [0.15, 0.2) is 11.9 Å². The molecule has 0 bridgehead atoms. The Morgan fingerprint density at radius 1 is 0.836 bits per heavy atom. The lowest BCUT2D eigenvalue weighted by atomic mass is 9.90. The molecule has 0 saturated heterocycles. The summed E-state index contributed by atoms with van der Waals surface area (Å²) in [7, 11) is 1.04. The summed E-state index contributed by atoms with van der Waals surface area (Å²) < 4.78 is 33.8. The summed E-state index contributed by atoms with van der Waals surface area (Å²) in [5, 5.41) is 10.2. The van der Waals surface area contributed by atoms with Crippen molar-refractivity contribution in [2.24, 2.45) is 11.8 Å². The van der Waals surface area contributed by atoms with Crippen molar-refractivity contribution in [2.75, 3.05) is 47.5 Å². The first-order valence-electron chi connectivity index (χ1n) is 21.3.